The van der Waals surface area contributed by atoms with Crippen molar-refractivity contribution >= 4 is 5.78 Å². The molecule has 1 heterocycles. The third-order valence-electron chi connectivity index (χ3n) is 7.83. The maximum atomic E-state index is 14.7. The van der Waals surface area contributed by atoms with Gasteiger partial charge in [0.1, 0.15) is 11.6 Å². The molecule has 0 spiro atoms. The average molecular weight is 534 g/mol. The number of Topliss-reactive ketones (excluding diaryl/α,β-unsaturated/α-hetero) is 1. The lowest BCUT2D eigenvalue weighted by Gasteiger charge is -2.44. The van der Waals surface area contributed by atoms with Crippen LogP contribution < -0.4 is 0 Å². The van der Waals surface area contributed by atoms with Gasteiger partial charge in [0, 0.05) is 17.9 Å². The van der Waals surface area contributed by atoms with Gasteiger partial charge >= 0.3 is 12.4 Å². The van der Waals surface area contributed by atoms with E-state index in [0.29, 0.717) is 44.7 Å². The number of ketones is 1. The molecule has 2 aromatic carbocycles. The van der Waals surface area contributed by atoms with Crippen LogP contribution in [0.2, 0.25) is 0 Å². The maximum absolute atomic E-state index is 14.7. The minimum atomic E-state index is -5.09. The number of nitrogens with zero attached hydrogens (tertiary/aromatic N) is 1. The highest BCUT2D eigenvalue weighted by Gasteiger charge is 2.55. The molecule has 2 aromatic rings. The van der Waals surface area contributed by atoms with Gasteiger partial charge in [-0.05, 0) is 73.5 Å². The fourth-order valence-electron chi connectivity index (χ4n) is 5.87. The van der Waals surface area contributed by atoms with Crippen LogP contribution in [0.4, 0.5) is 35.1 Å². The van der Waals surface area contributed by atoms with Crippen LogP contribution in [-0.4, -0.2) is 42.2 Å². The Labute approximate surface area is 209 Å². The SMILES string of the molecule is CC(F)(c1ccc2c(c1)CC[C@H]1N(CC(=O)CCC(F)(F)F)CC[C@@]21Cc1ccc(F)cc1)C(F)(F)F. The van der Waals surface area contributed by atoms with Crippen LogP contribution in [0.5, 0.6) is 0 Å². The summed E-state index contributed by atoms with van der Waals surface area (Å²) in [6, 6.07) is 9.48. The van der Waals surface area contributed by atoms with E-state index in [1.807, 2.05) is 4.90 Å². The molecule has 1 unspecified atom stereocenters. The van der Waals surface area contributed by atoms with Gasteiger partial charge < -0.3 is 0 Å². The molecule has 3 atom stereocenters. The normalized spacial score (nSPS) is 23.9. The Balaban J connectivity index is 1.68. The van der Waals surface area contributed by atoms with E-state index in [2.05, 4.69) is 0 Å². The van der Waals surface area contributed by atoms with Crippen molar-refractivity contribution in [2.45, 2.75) is 74.9 Å². The number of hydrogen-bond acceptors (Lipinski definition) is 2. The van der Waals surface area contributed by atoms with Crippen molar-refractivity contribution < 1.29 is 39.9 Å². The van der Waals surface area contributed by atoms with Gasteiger partial charge in [0.2, 0.25) is 5.67 Å². The molecule has 0 aromatic heterocycles. The minimum absolute atomic E-state index is 0.157. The summed E-state index contributed by atoms with van der Waals surface area (Å²) in [5.74, 6) is -0.960. The van der Waals surface area contributed by atoms with Crippen molar-refractivity contribution in [2.24, 2.45) is 0 Å². The third-order valence-corrected chi connectivity index (χ3v) is 7.83. The Hall–Kier alpha value is -2.49. The summed E-state index contributed by atoms with van der Waals surface area (Å²) < 4.78 is 106. The second-order valence-electron chi connectivity index (χ2n) is 10.3. The number of halogens is 8. The van der Waals surface area contributed by atoms with E-state index >= 15 is 0 Å². The van der Waals surface area contributed by atoms with Crippen molar-refractivity contribution in [1.29, 1.82) is 0 Å². The Bertz CT molecular complexity index is 1140. The number of carbonyl (C=O) groups is 1. The van der Waals surface area contributed by atoms with Crippen LogP contribution in [0.15, 0.2) is 42.5 Å². The number of benzene rings is 2. The van der Waals surface area contributed by atoms with Crippen molar-refractivity contribution in [3.8, 4) is 0 Å². The molecular weight excluding hydrogens is 506 g/mol. The molecule has 2 aliphatic rings. The molecule has 1 aliphatic carbocycles. The summed E-state index contributed by atoms with van der Waals surface area (Å²) in [5.41, 5.74) is -2.60. The predicted molar refractivity (Wildman–Crippen MR) is 121 cm³/mol. The van der Waals surface area contributed by atoms with Crippen LogP contribution in [-0.2, 0) is 28.7 Å². The van der Waals surface area contributed by atoms with E-state index in [4.69, 9.17) is 0 Å². The second-order valence-corrected chi connectivity index (χ2v) is 10.3. The smallest absolute Gasteiger partial charge is 0.298 e. The standard InChI is InChI=1S/C27H27F8NO/c1-24(29,27(33,34)35)19-5-8-22-18(14-19)4-9-23-25(22,15-17-2-6-20(28)7-3-17)12-13-36(23)16-21(37)10-11-26(30,31)32/h2-3,5-8,14,23H,4,9-13,15-16H2,1H3/t23-,24?,25-/m1/s1. The van der Waals surface area contributed by atoms with Crippen LogP contribution in [0.25, 0.3) is 0 Å². The fraction of sp³-hybridized carbons (Fsp3) is 0.519. The monoisotopic (exact) mass is 533 g/mol. The Morgan fingerprint density at radius 2 is 1.70 bits per heavy atom. The number of likely N-dealkylation sites (tertiary alicyclic amines) is 1. The van der Waals surface area contributed by atoms with Crippen LogP contribution in [0.3, 0.4) is 0 Å². The predicted octanol–water partition coefficient (Wildman–Crippen LogP) is 6.99. The summed E-state index contributed by atoms with van der Waals surface area (Å²) in [4.78, 5) is 14.2. The lowest BCUT2D eigenvalue weighted by molar-refractivity contribution is -0.228. The van der Waals surface area contributed by atoms with Crippen molar-refractivity contribution in [1.82, 2.24) is 4.90 Å². The molecule has 37 heavy (non-hydrogen) atoms. The topological polar surface area (TPSA) is 20.3 Å². The van der Waals surface area contributed by atoms with E-state index in [9.17, 15) is 39.9 Å². The van der Waals surface area contributed by atoms with Gasteiger partial charge in [-0.25, -0.2) is 8.78 Å². The summed E-state index contributed by atoms with van der Waals surface area (Å²) in [7, 11) is 0. The molecule has 10 heteroatoms. The summed E-state index contributed by atoms with van der Waals surface area (Å²) in [6.07, 6.45) is -9.67. The quantitative estimate of drug-likeness (QED) is 0.358. The van der Waals surface area contributed by atoms with Crippen molar-refractivity contribution in [2.75, 3.05) is 13.1 Å². The lowest BCUT2D eigenvalue weighted by atomic mass is 9.63. The number of hydrogen-bond donors (Lipinski definition) is 0. The Morgan fingerprint density at radius 1 is 1.03 bits per heavy atom. The molecule has 0 amide bonds. The molecule has 0 N–H and O–H groups in total. The highest BCUT2D eigenvalue weighted by atomic mass is 19.4. The molecule has 0 bridgehead atoms. The molecule has 4 rings (SSSR count). The van der Waals surface area contributed by atoms with Gasteiger partial charge in [-0.1, -0.05) is 30.3 Å². The number of aryl methyl sites for hydroxylation is 1. The van der Waals surface area contributed by atoms with Crippen molar-refractivity contribution in [3.63, 3.8) is 0 Å². The van der Waals surface area contributed by atoms with E-state index in [0.717, 1.165) is 17.2 Å². The molecule has 1 saturated heterocycles. The molecular formula is C27H27F8NO. The summed E-state index contributed by atoms with van der Waals surface area (Å²) in [5, 5.41) is 0. The van der Waals surface area contributed by atoms with E-state index in [1.54, 1.807) is 12.1 Å². The van der Waals surface area contributed by atoms with Crippen LogP contribution >= 0.6 is 0 Å². The summed E-state index contributed by atoms with van der Waals surface area (Å²) in [6.45, 7) is 0.739. The van der Waals surface area contributed by atoms with Gasteiger partial charge in [0.05, 0.1) is 13.0 Å². The highest BCUT2D eigenvalue weighted by molar-refractivity contribution is 5.80. The lowest BCUT2D eigenvalue weighted by Crippen LogP contribution is -2.48. The Kier molecular flexibility index (Phi) is 7.20. The number of alkyl halides is 7. The molecule has 1 fully saturated rings. The van der Waals surface area contributed by atoms with Gasteiger partial charge in [0.15, 0.2) is 0 Å². The zero-order valence-corrected chi connectivity index (χ0v) is 20.2. The maximum Gasteiger partial charge on any atom is 0.426 e. The zero-order chi connectivity index (χ0) is 27.2. The Morgan fingerprint density at radius 3 is 2.32 bits per heavy atom. The summed E-state index contributed by atoms with van der Waals surface area (Å²) >= 11 is 0. The third kappa shape index (κ3) is 5.54. The molecule has 202 valence electrons. The minimum Gasteiger partial charge on any atom is -0.298 e. The largest absolute Gasteiger partial charge is 0.426 e. The second kappa shape index (κ2) is 9.67. The van der Waals surface area contributed by atoms with Crippen LogP contribution in [0.1, 0.15) is 54.9 Å². The van der Waals surface area contributed by atoms with Gasteiger partial charge in [-0.3, -0.25) is 9.69 Å². The van der Waals surface area contributed by atoms with E-state index in [1.165, 1.54) is 24.3 Å². The van der Waals surface area contributed by atoms with Crippen LogP contribution in [0, 0.1) is 5.82 Å². The first-order valence-corrected chi connectivity index (χ1v) is 12.1. The average Bonchev–Trinajstić information content (AvgIpc) is 3.15. The first-order valence-electron chi connectivity index (χ1n) is 12.1. The van der Waals surface area contributed by atoms with Crippen molar-refractivity contribution in [3.05, 3.63) is 70.5 Å². The molecule has 0 radical (unpaired) electrons. The number of rotatable bonds is 7. The molecule has 2 nitrogen and oxygen atoms in total. The highest BCUT2D eigenvalue weighted by Crippen LogP contribution is 2.51. The molecule has 0 saturated carbocycles. The van der Waals surface area contributed by atoms with Gasteiger partial charge in [-0.2, -0.15) is 26.3 Å². The number of carbonyl (C=O) groups excluding carboxylic acids is 1. The first-order chi connectivity index (χ1) is 17.1. The van der Waals surface area contributed by atoms with E-state index in [-0.39, 0.29) is 12.6 Å². The molecule has 1 aliphatic heterocycles. The first kappa shape index (κ1) is 27.5. The zero-order valence-electron chi connectivity index (χ0n) is 20.2. The number of fused-ring (bicyclic) bond motifs is 3. The fourth-order valence-corrected chi connectivity index (χ4v) is 5.87. The van der Waals surface area contributed by atoms with Gasteiger partial charge in [-0.15, -0.1) is 0 Å². The van der Waals surface area contributed by atoms with Gasteiger partial charge in [0.25, 0.3) is 0 Å². The van der Waals surface area contributed by atoms with E-state index < -0.39 is 53.4 Å².